The number of nitrogens with one attached hydrogen (secondary N) is 1. The van der Waals surface area contributed by atoms with Gasteiger partial charge >= 0.3 is 5.69 Å². The number of carbonyl (C=O) groups excluding carboxylic acids is 1. The maximum atomic E-state index is 13.8. The molecule has 1 aromatic carbocycles. The topological polar surface area (TPSA) is 108 Å². The van der Waals surface area contributed by atoms with Crippen LogP contribution in [0.3, 0.4) is 0 Å². The Balaban J connectivity index is 1.55. The number of nitro groups is 1. The summed E-state index contributed by atoms with van der Waals surface area (Å²) in [5.41, 5.74) is 0.168. The molecular formula is C16H14ClFN6O3. The van der Waals surface area contributed by atoms with Gasteiger partial charge in [-0.15, -0.1) is 0 Å². The molecule has 1 amide bonds. The van der Waals surface area contributed by atoms with E-state index < -0.39 is 10.7 Å². The number of halogens is 2. The summed E-state index contributed by atoms with van der Waals surface area (Å²) >= 11 is 5.99. The monoisotopic (exact) mass is 392 g/mol. The third-order valence-electron chi connectivity index (χ3n) is 3.69. The highest BCUT2D eigenvalue weighted by atomic mass is 35.5. The molecule has 0 aliphatic rings. The number of aromatic nitrogens is 4. The molecule has 0 radical (unpaired) electrons. The molecule has 1 N–H and O–H groups in total. The van der Waals surface area contributed by atoms with E-state index in [0.29, 0.717) is 16.4 Å². The summed E-state index contributed by atoms with van der Waals surface area (Å²) in [6, 6.07) is 5.99. The lowest BCUT2D eigenvalue weighted by molar-refractivity contribution is -0.385. The fraction of sp³-hybridized carbons (Fsp3) is 0.188. The summed E-state index contributed by atoms with van der Waals surface area (Å²) in [4.78, 5) is 22.0. The maximum Gasteiger partial charge on any atom is 0.306 e. The van der Waals surface area contributed by atoms with Gasteiger partial charge in [-0.3, -0.25) is 24.3 Å². The number of benzene rings is 1. The minimum atomic E-state index is -0.558. The second-order valence-corrected chi connectivity index (χ2v) is 6.02. The lowest BCUT2D eigenvalue weighted by Gasteiger charge is -2.06. The van der Waals surface area contributed by atoms with Crippen LogP contribution in [0.15, 0.2) is 42.9 Å². The van der Waals surface area contributed by atoms with Crippen LogP contribution in [0, 0.1) is 15.9 Å². The molecule has 0 spiro atoms. The zero-order valence-electron chi connectivity index (χ0n) is 13.9. The summed E-state index contributed by atoms with van der Waals surface area (Å²) in [5.74, 6) is -0.460. The first-order valence-electron chi connectivity index (χ1n) is 7.85. The summed E-state index contributed by atoms with van der Waals surface area (Å²) < 4.78 is 16.6. The third kappa shape index (κ3) is 4.67. The fourth-order valence-corrected chi connectivity index (χ4v) is 2.58. The average molecular weight is 393 g/mol. The van der Waals surface area contributed by atoms with E-state index in [-0.39, 0.29) is 31.1 Å². The number of aryl methyl sites for hydroxylation is 1. The Labute approximate surface area is 157 Å². The number of hydrogen-bond acceptors (Lipinski definition) is 5. The molecule has 0 saturated carbocycles. The summed E-state index contributed by atoms with van der Waals surface area (Å²) in [5, 5.41) is 21.5. The predicted molar refractivity (Wildman–Crippen MR) is 94.9 cm³/mol. The minimum Gasteiger partial charge on any atom is -0.309 e. The molecule has 3 rings (SSSR count). The lowest BCUT2D eigenvalue weighted by Crippen LogP contribution is -2.15. The number of carbonyl (C=O) groups is 1. The summed E-state index contributed by atoms with van der Waals surface area (Å²) in [6.45, 7) is 0.309. The van der Waals surface area contributed by atoms with Gasteiger partial charge in [0.1, 0.15) is 18.2 Å². The van der Waals surface area contributed by atoms with Gasteiger partial charge in [0.15, 0.2) is 5.82 Å². The Kier molecular flexibility index (Phi) is 5.46. The van der Waals surface area contributed by atoms with E-state index >= 15 is 0 Å². The van der Waals surface area contributed by atoms with Gasteiger partial charge in [0.2, 0.25) is 5.91 Å². The zero-order valence-corrected chi connectivity index (χ0v) is 14.6. The van der Waals surface area contributed by atoms with Crippen LogP contribution in [-0.2, 0) is 17.9 Å². The van der Waals surface area contributed by atoms with Gasteiger partial charge in [-0.2, -0.15) is 10.2 Å². The molecule has 0 unspecified atom stereocenters. The molecule has 0 fully saturated rings. The van der Waals surface area contributed by atoms with Crippen molar-refractivity contribution >= 4 is 29.0 Å². The SMILES string of the molecule is O=C(CCn1cc([N+](=O)[O-])cn1)Nc1ccn(Cc2c(F)cccc2Cl)n1. The number of nitrogens with zero attached hydrogens (tertiary/aromatic N) is 5. The Morgan fingerprint density at radius 1 is 1.33 bits per heavy atom. The van der Waals surface area contributed by atoms with Gasteiger partial charge in [0, 0.05) is 35.8 Å². The Morgan fingerprint density at radius 2 is 2.15 bits per heavy atom. The van der Waals surface area contributed by atoms with Gasteiger partial charge in [0.05, 0.1) is 11.5 Å². The van der Waals surface area contributed by atoms with E-state index in [1.807, 2.05) is 0 Å². The average Bonchev–Trinajstić information content (AvgIpc) is 3.26. The van der Waals surface area contributed by atoms with Gasteiger partial charge in [-0.1, -0.05) is 17.7 Å². The highest BCUT2D eigenvalue weighted by Crippen LogP contribution is 2.20. The minimum absolute atomic E-state index is 0.0604. The number of amides is 1. The predicted octanol–water partition coefficient (Wildman–Crippen LogP) is 2.86. The molecule has 2 aromatic heterocycles. The molecule has 0 aliphatic carbocycles. The smallest absolute Gasteiger partial charge is 0.306 e. The Bertz CT molecular complexity index is 966. The van der Waals surface area contributed by atoms with Gasteiger partial charge in [0.25, 0.3) is 0 Å². The number of hydrogen-bond donors (Lipinski definition) is 1. The van der Waals surface area contributed by atoms with Crippen molar-refractivity contribution in [1.29, 1.82) is 0 Å². The molecular weight excluding hydrogens is 379 g/mol. The van der Waals surface area contributed by atoms with E-state index in [9.17, 15) is 19.3 Å². The molecule has 27 heavy (non-hydrogen) atoms. The lowest BCUT2D eigenvalue weighted by atomic mass is 10.2. The first-order chi connectivity index (χ1) is 12.9. The van der Waals surface area contributed by atoms with Crippen LogP contribution >= 0.6 is 11.6 Å². The second-order valence-electron chi connectivity index (χ2n) is 5.62. The van der Waals surface area contributed by atoms with E-state index in [1.54, 1.807) is 18.3 Å². The third-order valence-corrected chi connectivity index (χ3v) is 4.04. The van der Waals surface area contributed by atoms with Crippen LogP contribution in [0.1, 0.15) is 12.0 Å². The normalized spacial score (nSPS) is 10.7. The van der Waals surface area contributed by atoms with Crippen molar-refractivity contribution < 1.29 is 14.1 Å². The molecule has 140 valence electrons. The molecule has 0 aliphatic heterocycles. The molecule has 9 nitrogen and oxygen atoms in total. The summed E-state index contributed by atoms with van der Waals surface area (Å²) in [7, 11) is 0. The Hall–Kier alpha value is -3.27. The van der Waals surface area contributed by atoms with Crippen LogP contribution in [0.4, 0.5) is 15.9 Å². The van der Waals surface area contributed by atoms with Crippen LogP contribution in [0.2, 0.25) is 5.02 Å². The second kappa shape index (κ2) is 7.96. The highest BCUT2D eigenvalue weighted by Gasteiger charge is 2.12. The van der Waals surface area contributed by atoms with E-state index in [0.717, 1.165) is 6.20 Å². The Morgan fingerprint density at radius 3 is 2.85 bits per heavy atom. The number of anilines is 1. The molecule has 0 bridgehead atoms. The van der Waals surface area contributed by atoms with Crippen molar-refractivity contribution in [3.8, 4) is 0 Å². The molecule has 2 heterocycles. The zero-order chi connectivity index (χ0) is 19.4. The number of rotatable bonds is 7. The standard InChI is InChI=1S/C16H14ClFN6O3/c17-13-2-1-3-14(18)12(13)10-23-6-4-15(21-23)20-16(25)5-7-22-9-11(8-19-22)24(26)27/h1-4,6,8-9H,5,7,10H2,(H,20,21,25). The van der Waals surface area contributed by atoms with Crippen molar-refractivity contribution in [2.75, 3.05) is 5.32 Å². The molecule has 0 atom stereocenters. The molecule has 0 saturated heterocycles. The van der Waals surface area contributed by atoms with Crippen molar-refractivity contribution in [1.82, 2.24) is 19.6 Å². The van der Waals surface area contributed by atoms with Gasteiger partial charge in [-0.05, 0) is 12.1 Å². The van der Waals surface area contributed by atoms with Crippen molar-refractivity contribution in [2.24, 2.45) is 0 Å². The maximum absolute atomic E-state index is 13.8. The van der Waals surface area contributed by atoms with Gasteiger partial charge in [-0.25, -0.2) is 4.39 Å². The van der Waals surface area contributed by atoms with Crippen molar-refractivity contribution in [3.63, 3.8) is 0 Å². The fourth-order valence-electron chi connectivity index (χ4n) is 2.35. The van der Waals surface area contributed by atoms with Crippen molar-refractivity contribution in [3.05, 3.63) is 69.4 Å². The largest absolute Gasteiger partial charge is 0.309 e. The summed E-state index contributed by atoms with van der Waals surface area (Å²) in [6.07, 6.45) is 4.02. The van der Waals surface area contributed by atoms with E-state index in [4.69, 9.17) is 11.6 Å². The van der Waals surface area contributed by atoms with E-state index in [1.165, 1.54) is 27.7 Å². The first kappa shape index (κ1) is 18.5. The van der Waals surface area contributed by atoms with Crippen LogP contribution in [0.25, 0.3) is 0 Å². The van der Waals surface area contributed by atoms with Crippen LogP contribution in [0.5, 0.6) is 0 Å². The first-order valence-corrected chi connectivity index (χ1v) is 8.23. The molecule has 11 heteroatoms. The van der Waals surface area contributed by atoms with Crippen molar-refractivity contribution in [2.45, 2.75) is 19.5 Å². The highest BCUT2D eigenvalue weighted by molar-refractivity contribution is 6.31. The molecule has 3 aromatic rings. The van der Waals surface area contributed by atoms with Crippen LogP contribution < -0.4 is 5.32 Å². The van der Waals surface area contributed by atoms with Gasteiger partial charge < -0.3 is 5.32 Å². The quantitative estimate of drug-likeness (QED) is 0.491. The van der Waals surface area contributed by atoms with Crippen LogP contribution in [-0.4, -0.2) is 30.4 Å². The van der Waals surface area contributed by atoms with E-state index in [2.05, 4.69) is 15.5 Å².